The number of carbonyl (C=O) groups is 1. The van der Waals surface area contributed by atoms with E-state index < -0.39 is 5.97 Å². The van der Waals surface area contributed by atoms with Crippen LogP contribution in [0, 0.1) is 6.92 Å². The Morgan fingerprint density at radius 2 is 2.50 bits per heavy atom. The van der Waals surface area contributed by atoms with Crippen molar-refractivity contribution in [3.05, 3.63) is 22.6 Å². The molecule has 0 atom stereocenters. The number of thiophene rings is 1. The minimum atomic E-state index is -0.914. The van der Waals surface area contributed by atoms with Crippen LogP contribution >= 0.6 is 11.3 Å². The van der Waals surface area contributed by atoms with E-state index >= 15 is 0 Å². The summed E-state index contributed by atoms with van der Waals surface area (Å²) in [5, 5.41) is 12.0. The van der Waals surface area contributed by atoms with Crippen LogP contribution in [-0.4, -0.2) is 16.1 Å². The van der Waals surface area contributed by atoms with Gasteiger partial charge in [-0.2, -0.15) is 0 Å². The summed E-state index contributed by atoms with van der Waals surface area (Å²) in [6, 6.07) is 1.63. The Labute approximate surface area is 94.7 Å². The second-order valence-electron chi connectivity index (χ2n) is 3.52. The Hall–Kier alpha value is -1.82. The van der Waals surface area contributed by atoms with Gasteiger partial charge in [-0.25, -0.2) is 9.78 Å². The Kier molecular flexibility index (Phi) is 1.81. The Balaban J connectivity index is 2.19. The number of aromatic carboxylic acids is 1. The summed E-state index contributed by atoms with van der Waals surface area (Å²) >= 11 is 1.21. The van der Waals surface area contributed by atoms with Gasteiger partial charge in [-0.15, -0.1) is 11.3 Å². The first-order chi connectivity index (χ1) is 7.65. The predicted octanol–water partition coefficient (Wildman–Crippen LogP) is 2.34. The Morgan fingerprint density at radius 3 is 3.25 bits per heavy atom. The van der Waals surface area contributed by atoms with Crippen LogP contribution in [0.5, 0.6) is 0 Å². The van der Waals surface area contributed by atoms with E-state index in [1.165, 1.54) is 11.3 Å². The van der Waals surface area contributed by atoms with Gasteiger partial charge in [0.05, 0.1) is 17.1 Å². The van der Waals surface area contributed by atoms with Gasteiger partial charge in [0.1, 0.15) is 10.6 Å². The highest BCUT2D eigenvalue weighted by molar-refractivity contribution is 7.18. The van der Waals surface area contributed by atoms with Gasteiger partial charge >= 0.3 is 5.97 Å². The van der Waals surface area contributed by atoms with Gasteiger partial charge in [-0.05, 0) is 6.07 Å². The van der Waals surface area contributed by atoms with E-state index in [4.69, 9.17) is 9.52 Å². The van der Waals surface area contributed by atoms with Crippen molar-refractivity contribution < 1.29 is 14.3 Å². The van der Waals surface area contributed by atoms with Crippen molar-refractivity contribution in [2.24, 2.45) is 0 Å². The van der Waals surface area contributed by atoms with Gasteiger partial charge in [-0.1, -0.05) is 0 Å². The monoisotopic (exact) mass is 236 g/mol. The molecule has 0 radical (unpaired) electrons. The molecule has 1 aliphatic heterocycles. The first kappa shape index (κ1) is 9.41. The molecule has 1 aliphatic rings. The largest absolute Gasteiger partial charge is 0.477 e. The number of rotatable bonds is 1. The van der Waals surface area contributed by atoms with Gasteiger partial charge in [0.2, 0.25) is 0 Å². The molecule has 0 amide bonds. The zero-order valence-corrected chi connectivity index (χ0v) is 9.22. The molecule has 2 N–H and O–H groups in total. The van der Waals surface area contributed by atoms with E-state index in [0.717, 1.165) is 22.0 Å². The molecule has 3 heterocycles. The lowest BCUT2D eigenvalue weighted by atomic mass is 10.2. The molecule has 0 fully saturated rings. The number of nitrogens with one attached hydrogen (secondary N) is 1. The highest BCUT2D eigenvalue weighted by atomic mass is 32.1. The van der Waals surface area contributed by atoms with Crippen molar-refractivity contribution >= 4 is 23.0 Å². The van der Waals surface area contributed by atoms with Crippen molar-refractivity contribution in [3.8, 4) is 10.6 Å². The second-order valence-corrected chi connectivity index (χ2v) is 4.57. The van der Waals surface area contributed by atoms with E-state index in [-0.39, 0.29) is 0 Å². The predicted molar refractivity (Wildman–Crippen MR) is 58.8 cm³/mol. The van der Waals surface area contributed by atoms with E-state index in [1.54, 1.807) is 13.0 Å². The van der Waals surface area contributed by atoms with Crippen molar-refractivity contribution in [3.63, 3.8) is 0 Å². The molecule has 6 heteroatoms. The lowest BCUT2D eigenvalue weighted by Crippen LogP contribution is -2.04. The zero-order chi connectivity index (χ0) is 11.3. The van der Waals surface area contributed by atoms with Gasteiger partial charge in [0.25, 0.3) is 0 Å². The van der Waals surface area contributed by atoms with Crippen LogP contribution < -0.4 is 5.32 Å². The number of aromatic nitrogens is 1. The number of anilines is 1. The maximum atomic E-state index is 10.9. The topological polar surface area (TPSA) is 75.4 Å². The standard InChI is InChI=1S/C10H8N2O3S/c1-4-12-8-6(15-4)3-11-5-2-7(10(13)14)16-9(5)8/h2,11H,3H2,1H3,(H,13,14). The molecule has 0 aliphatic carbocycles. The molecule has 82 valence electrons. The number of fused-ring (bicyclic) bond motifs is 3. The lowest BCUT2D eigenvalue weighted by Gasteiger charge is -2.10. The normalized spacial score (nSPS) is 12.8. The number of hydrogen-bond donors (Lipinski definition) is 2. The molecule has 0 saturated heterocycles. The van der Waals surface area contributed by atoms with Crippen molar-refractivity contribution in [1.82, 2.24) is 4.98 Å². The summed E-state index contributed by atoms with van der Waals surface area (Å²) in [5.41, 5.74) is 1.59. The van der Waals surface area contributed by atoms with E-state index in [1.807, 2.05) is 0 Å². The van der Waals surface area contributed by atoms with E-state index in [9.17, 15) is 4.79 Å². The molecule has 3 rings (SSSR count). The summed E-state index contributed by atoms with van der Waals surface area (Å²) in [5.74, 6) is 0.455. The van der Waals surface area contributed by atoms with Crippen LogP contribution in [0.15, 0.2) is 10.5 Å². The molecule has 2 aromatic heterocycles. The Morgan fingerprint density at radius 1 is 1.69 bits per heavy atom. The van der Waals surface area contributed by atoms with Crippen LogP contribution in [0.1, 0.15) is 21.3 Å². The molecule has 0 unspecified atom stereocenters. The number of oxazole rings is 1. The summed E-state index contributed by atoms with van der Waals surface area (Å²) in [4.78, 5) is 16.3. The van der Waals surface area contributed by atoms with Gasteiger partial charge in [-0.3, -0.25) is 0 Å². The van der Waals surface area contributed by atoms with Crippen LogP contribution in [0.4, 0.5) is 5.69 Å². The molecule has 2 aromatic rings. The molecule has 0 saturated carbocycles. The fraction of sp³-hybridized carbons (Fsp3) is 0.200. The summed E-state index contributed by atoms with van der Waals surface area (Å²) < 4.78 is 5.42. The van der Waals surface area contributed by atoms with Crippen LogP contribution in [0.25, 0.3) is 10.6 Å². The molecule has 5 nitrogen and oxygen atoms in total. The number of carboxylic acids is 1. The molecule has 16 heavy (non-hydrogen) atoms. The van der Waals surface area contributed by atoms with Crippen molar-refractivity contribution in [1.29, 1.82) is 0 Å². The minimum absolute atomic E-state index is 0.311. The lowest BCUT2D eigenvalue weighted by molar-refractivity contribution is 0.0702. The van der Waals surface area contributed by atoms with E-state index in [0.29, 0.717) is 17.3 Å². The smallest absolute Gasteiger partial charge is 0.345 e. The molecule has 0 aromatic carbocycles. The second kappa shape index (κ2) is 3.08. The maximum absolute atomic E-state index is 10.9. The highest BCUT2D eigenvalue weighted by Crippen LogP contribution is 2.41. The first-order valence-corrected chi connectivity index (χ1v) is 5.54. The minimum Gasteiger partial charge on any atom is -0.477 e. The highest BCUT2D eigenvalue weighted by Gasteiger charge is 2.25. The molecular weight excluding hydrogens is 228 g/mol. The number of hydrogen-bond acceptors (Lipinski definition) is 5. The SMILES string of the molecule is Cc1nc2c(o1)CNc1cc(C(=O)O)sc1-2. The Bertz CT molecular complexity index is 585. The average molecular weight is 236 g/mol. The van der Waals surface area contributed by atoms with Gasteiger partial charge in [0.15, 0.2) is 11.7 Å². The van der Waals surface area contributed by atoms with Crippen LogP contribution in [-0.2, 0) is 6.54 Å². The maximum Gasteiger partial charge on any atom is 0.345 e. The van der Waals surface area contributed by atoms with Crippen LogP contribution in [0.2, 0.25) is 0 Å². The van der Waals surface area contributed by atoms with Crippen molar-refractivity contribution in [2.75, 3.05) is 5.32 Å². The quantitative estimate of drug-likeness (QED) is 0.794. The fourth-order valence-electron chi connectivity index (χ4n) is 1.75. The number of nitrogens with zero attached hydrogens (tertiary/aromatic N) is 1. The third-order valence-electron chi connectivity index (χ3n) is 2.40. The number of carboxylic acid groups (broad SMARTS) is 1. The fourth-order valence-corrected chi connectivity index (χ4v) is 2.73. The summed E-state index contributed by atoms with van der Waals surface area (Å²) in [7, 11) is 0. The van der Waals surface area contributed by atoms with Crippen molar-refractivity contribution in [2.45, 2.75) is 13.5 Å². The molecule has 0 spiro atoms. The molecule has 0 bridgehead atoms. The summed E-state index contributed by atoms with van der Waals surface area (Å²) in [6.45, 7) is 2.34. The van der Waals surface area contributed by atoms with E-state index in [2.05, 4.69) is 10.3 Å². The van der Waals surface area contributed by atoms with Gasteiger partial charge < -0.3 is 14.8 Å². The van der Waals surface area contributed by atoms with Gasteiger partial charge in [0, 0.05) is 6.92 Å². The number of aryl methyl sites for hydroxylation is 1. The first-order valence-electron chi connectivity index (χ1n) is 4.73. The third kappa shape index (κ3) is 1.23. The van der Waals surface area contributed by atoms with Crippen LogP contribution in [0.3, 0.4) is 0 Å². The average Bonchev–Trinajstić information content (AvgIpc) is 2.77. The third-order valence-corrected chi connectivity index (χ3v) is 3.53. The summed E-state index contributed by atoms with van der Waals surface area (Å²) in [6.07, 6.45) is 0. The zero-order valence-electron chi connectivity index (χ0n) is 8.40. The molecular formula is C10H8N2O3S.